The van der Waals surface area contributed by atoms with Crippen LogP contribution < -0.4 is 15.4 Å². The third-order valence-electron chi connectivity index (χ3n) is 4.62. The van der Waals surface area contributed by atoms with Gasteiger partial charge < -0.3 is 15.4 Å². The van der Waals surface area contributed by atoms with Gasteiger partial charge in [0.05, 0.1) is 12.6 Å². The predicted octanol–water partition coefficient (Wildman–Crippen LogP) is 4.86. The smallest absolute Gasteiger partial charge is 0.126 e. The molecule has 0 bridgehead atoms. The molecule has 28 heavy (non-hydrogen) atoms. The third kappa shape index (κ3) is 4.04. The zero-order valence-electron chi connectivity index (χ0n) is 15.7. The standard InChI is InChI=1S/C23H22N4O/c1-28-22-8-3-2-5-18(22)16-26-23-10-9-19-20(6-4-7-21(19)27-23)25-15-17-11-13-24-14-12-17/h2-14,25H,15-16H2,1H3,(H,26,27). The Morgan fingerprint density at radius 1 is 0.821 bits per heavy atom. The maximum absolute atomic E-state index is 5.41. The van der Waals surface area contributed by atoms with Gasteiger partial charge in [0, 0.05) is 42.1 Å². The van der Waals surface area contributed by atoms with Crippen LogP contribution in [0.2, 0.25) is 0 Å². The van der Waals surface area contributed by atoms with E-state index in [9.17, 15) is 0 Å². The number of aromatic nitrogens is 2. The highest BCUT2D eigenvalue weighted by Gasteiger charge is 2.05. The molecule has 5 nitrogen and oxygen atoms in total. The second-order valence-corrected chi connectivity index (χ2v) is 6.44. The van der Waals surface area contributed by atoms with Crippen molar-refractivity contribution < 1.29 is 4.74 Å². The van der Waals surface area contributed by atoms with Crippen molar-refractivity contribution in [2.24, 2.45) is 0 Å². The number of hydrogen-bond donors (Lipinski definition) is 2. The number of para-hydroxylation sites is 1. The minimum absolute atomic E-state index is 0.655. The highest BCUT2D eigenvalue weighted by Crippen LogP contribution is 2.25. The molecule has 0 fully saturated rings. The van der Waals surface area contributed by atoms with Gasteiger partial charge >= 0.3 is 0 Å². The van der Waals surface area contributed by atoms with Crippen molar-refractivity contribution in [1.29, 1.82) is 0 Å². The minimum atomic E-state index is 0.655. The molecule has 0 unspecified atom stereocenters. The molecule has 2 aromatic carbocycles. The number of hydrogen-bond acceptors (Lipinski definition) is 5. The first-order valence-corrected chi connectivity index (χ1v) is 9.22. The lowest BCUT2D eigenvalue weighted by atomic mass is 10.1. The molecule has 2 N–H and O–H groups in total. The van der Waals surface area contributed by atoms with Crippen LogP contribution >= 0.6 is 0 Å². The average Bonchev–Trinajstić information content (AvgIpc) is 2.77. The van der Waals surface area contributed by atoms with Crippen LogP contribution in [0.3, 0.4) is 0 Å². The first-order valence-electron chi connectivity index (χ1n) is 9.22. The molecule has 4 rings (SSSR count). The summed E-state index contributed by atoms with van der Waals surface area (Å²) < 4.78 is 5.41. The molecule has 5 heteroatoms. The predicted molar refractivity (Wildman–Crippen MR) is 114 cm³/mol. The fourth-order valence-corrected chi connectivity index (χ4v) is 3.14. The fourth-order valence-electron chi connectivity index (χ4n) is 3.14. The lowest BCUT2D eigenvalue weighted by Crippen LogP contribution is -2.04. The van der Waals surface area contributed by atoms with E-state index in [4.69, 9.17) is 9.72 Å². The number of nitrogens with one attached hydrogen (secondary N) is 2. The van der Waals surface area contributed by atoms with Crippen LogP contribution in [0.5, 0.6) is 5.75 Å². The largest absolute Gasteiger partial charge is 0.496 e. The Hall–Kier alpha value is -3.60. The summed E-state index contributed by atoms with van der Waals surface area (Å²) in [6, 6.07) is 22.2. The monoisotopic (exact) mass is 370 g/mol. The van der Waals surface area contributed by atoms with Crippen LogP contribution in [-0.4, -0.2) is 17.1 Å². The number of ether oxygens (including phenoxy) is 1. The average molecular weight is 370 g/mol. The summed E-state index contributed by atoms with van der Waals surface area (Å²) in [6.45, 7) is 1.40. The van der Waals surface area contributed by atoms with E-state index in [1.807, 2.05) is 54.6 Å². The number of rotatable bonds is 7. The Balaban J connectivity index is 1.50. The maximum Gasteiger partial charge on any atom is 0.126 e. The topological polar surface area (TPSA) is 59.1 Å². The Morgan fingerprint density at radius 2 is 1.68 bits per heavy atom. The molecule has 0 saturated carbocycles. The lowest BCUT2D eigenvalue weighted by Gasteiger charge is -2.12. The second-order valence-electron chi connectivity index (χ2n) is 6.44. The van der Waals surface area contributed by atoms with Gasteiger partial charge in [-0.05, 0) is 48.0 Å². The summed E-state index contributed by atoms with van der Waals surface area (Å²) in [7, 11) is 1.69. The highest BCUT2D eigenvalue weighted by atomic mass is 16.5. The van der Waals surface area contributed by atoms with Gasteiger partial charge in [-0.3, -0.25) is 4.98 Å². The van der Waals surface area contributed by atoms with E-state index < -0.39 is 0 Å². The molecule has 0 spiro atoms. The Morgan fingerprint density at radius 3 is 2.54 bits per heavy atom. The maximum atomic E-state index is 5.41. The summed E-state index contributed by atoms with van der Waals surface area (Å²) in [4.78, 5) is 8.82. The molecule has 0 radical (unpaired) electrons. The third-order valence-corrected chi connectivity index (χ3v) is 4.62. The number of benzene rings is 2. The van der Waals surface area contributed by atoms with Crippen molar-refractivity contribution in [2.45, 2.75) is 13.1 Å². The van der Waals surface area contributed by atoms with Gasteiger partial charge in [0.2, 0.25) is 0 Å². The number of methoxy groups -OCH3 is 1. The van der Waals surface area contributed by atoms with Gasteiger partial charge in [-0.25, -0.2) is 4.98 Å². The van der Waals surface area contributed by atoms with Gasteiger partial charge in [-0.1, -0.05) is 24.3 Å². The van der Waals surface area contributed by atoms with Crippen molar-refractivity contribution in [3.05, 3.63) is 90.3 Å². The van der Waals surface area contributed by atoms with Crippen molar-refractivity contribution in [3.8, 4) is 5.75 Å². The molecule has 0 aliphatic carbocycles. The lowest BCUT2D eigenvalue weighted by molar-refractivity contribution is 0.410. The van der Waals surface area contributed by atoms with Crippen molar-refractivity contribution >= 4 is 22.4 Å². The number of anilines is 2. The highest BCUT2D eigenvalue weighted by molar-refractivity contribution is 5.92. The molecule has 2 heterocycles. The van der Waals surface area contributed by atoms with Crippen LogP contribution in [0, 0.1) is 0 Å². The van der Waals surface area contributed by atoms with E-state index >= 15 is 0 Å². The van der Waals surface area contributed by atoms with E-state index in [1.54, 1.807) is 19.5 Å². The summed E-state index contributed by atoms with van der Waals surface area (Å²) in [5.74, 6) is 1.71. The molecule has 2 aromatic heterocycles. The molecular formula is C23H22N4O. The first kappa shape index (κ1) is 17.8. The number of pyridine rings is 2. The van der Waals surface area contributed by atoms with Crippen LogP contribution in [0.25, 0.3) is 10.9 Å². The van der Waals surface area contributed by atoms with Gasteiger partial charge in [-0.15, -0.1) is 0 Å². The molecule has 0 atom stereocenters. The quantitative estimate of drug-likeness (QED) is 0.486. The number of fused-ring (bicyclic) bond motifs is 1. The zero-order valence-corrected chi connectivity index (χ0v) is 15.7. The number of nitrogens with zero attached hydrogens (tertiary/aromatic N) is 2. The molecular weight excluding hydrogens is 348 g/mol. The van der Waals surface area contributed by atoms with Crippen molar-refractivity contribution in [2.75, 3.05) is 17.7 Å². The molecule has 140 valence electrons. The second kappa shape index (κ2) is 8.39. The summed E-state index contributed by atoms with van der Waals surface area (Å²) in [6.07, 6.45) is 3.61. The van der Waals surface area contributed by atoms with E-state index in [1.165, 1.54) is 5.56 Å². The fraction of sp³-hybridized carbons (Fsp3) is 0.130. The Bertz CT molecular complexity index is 1070. The van der Waals surface area contributed by atoms with Crippen LogP contribution in [0.1, 0.15) is 11.1 Å². The van der Waals surface area contributed by atoms with Gasteiger partial charge in [0.1, 0.15) is 11.6 Å². The first-order chi connectivity index (χ1) is 13.8. The van der Waals surface area contributed by atoms with Gasteiger partial charge in [0.15, 0.2) is 0 Å². The van der Waals surface area contributed by atoms with Crippen molar-refractivity contribution in [3.63, 3.8) is 0 Å². The molecule has 4 aromatic rings. The Kier molecular flexibility index (Phi) is 5.33. The van der Waals surface area contributed by atoms with E-state index in [2.05, 4.69) is 27.8 Å². The van der Waals surface area contributed by atoms with Gasteiger partial charge in [0.25, 0.3) is 0 Å². The van der Waals surface area contributed by atoms with E-state index in [-0.39, 0.29) is 0 Å². The van der Waals surface area contributed by atoms with E-state index in [0.717, 1.165) is 40.3 Å². The van der Waals surface area contributed by atoms with Crippen LogP contribution in [0.4, 0.5) is 11.5 Å². The van der Waals surface area contributed by atoms with Crippen LogP contribution in [0.15, 0.2) is 79.1 Å². The molecule has 0 aliphatic heterocycles. The summed E-state index contributed by atoms with van der Waals surface area (Å²) in [5, 5.41) is 7.97. The normalized spacial score (nSPS) is 10.6. The SMILES string of the molecule is COc1ccccc1CNc1ccc2c(NCc3ccncc3)cccc2n1. The van der Waals surface area contributed by atoms with Gasteiger partial charge in [-0.2, -0.15) is 0 Å². The van der Waals surface area contributed by atoms with Crippen LogP contribution in [-0.2, 0) is 13.1 Å². The molecule has 0 aliphatic rings. The summed E-state index contributed by atoms with van der Waals surface area (Å²) in [5.41, 5.74) is 4.30. The molecule has 0 saturated heterocycles. The summed E-state index contributed by atoms with van der Waals surface area (Å²) >= 11 is 0. The van der Waals surface area contributed by atoms with Crippen molar-refractivity contribution in [1.82, 2.24) is 9.97 Å². The molecule has 0 amide bonds. The minimum Gasteiger partial charge on any atom is -0.496 e. The van der Waals surface area contributed by atoms with E-state index in [0.29, 0.717) is 6.54 Å². The zero-order chi connectivity index (χ0) is 19.2. The Labute approximate surface area is 164 Å².